The van der Waals surface area contributed by atoms with Gasteiger partial charge < -0.3 is 14.2 Å². The van der Waals surface area contributed by atoms with Gasteiger partial charge in [-0.2, -0.15) is 0 Å². The van der Waals surface area contributed by atoms with Gasteiger partial charge in [-0.05, 0) is 85.0 Å². The first kappa shape index (κ1) is 17.4. The quantitative estimate of drug-likeness (QED) is 0.695. The molecule has 0 spiro atoms. The normalized spacial score (nSPS) is 21.5. The van der Waals surface area contributed by atoms with Crippen LogP contribution in [-0.4, -0.2) is 31.9 Å². The van der Waals surface area contributed by atoms with E-state index in [2.05, 4.69) is 36.7 Å². The van der Waals surface area contributed by atoms with E-state index in [0.717, 1.165) is 49.7 Å². The fourth-order valence-corrected chi connectivity index (χ4v) is 5.13. The predicted molar refractivity (Wildman–Crippen MR) is 113 cm³/mol. The Morgan fingerprint density at radius 1 is 1.17 bits per heavy atom. The average Bonchev–Trinajstić information content (AvgIpc) is 3.44. The predicted octanol–water partition coefficient (Wildman–Crippen LogP) is 4.68. The number of fused-ring (bicyclic) bond motifs is 3. The van der Waals surface area contributed by atoms with Gasteiger partial charge in [0.15, 0.2) is 11.5 Å². The van der Waals surface area contributed by atoms with Crippen molar-refractivity contribution in [1.82, 2.24) is 4.90 Å². The molecule has 1 saturated carbocycles. The molecule has 4 heteroatoms. The molecule has 2 aromatic carbocycles. The van der Waals surface area contributed by atoms with Crippen molar-refractivity contribution in [3.63, 3.8) is 0 Å². The van der Waals surface area contributed by atoms with Crippen LogP contribution >= 0.6 is 0 Å². The van der Waals surface area contributed by atoms with Crippen LogP contribution in [0.5, 0.6) is 17.2 Å². The number of hydrogen-bond acceptors (Lipinski definition) is 4. The molecule has 2 aliphatic heterocycles. The van der Waals surface area contributed by atoms with Crippen LogP contribution in [0.15, 0.2) is 30.9 Å². The molecule has 0 saturated heterocycles. The third-order valence-electron chi connectivity index (χ3n) is 6.89. The first-order valence-corrected chi connectivity index (χ1v) is 10.8. The van der Waals surface area contributed by atoms with Gasteiger partial charge in [-0.3, -0.25) is 4.90 Å². The van der Waals surface area contributed by atoms with E-state index < -0.39 is 0 Å². The van der Waals surface area contributed by atoms with Gasteiger partial charge in [0.1, 0.15) is 5.75 Å². The van der Waals surface area contributed by atoms with Crippen LogP contribution in [-0.2, 0) is 19.3 Å². The van der Waals surface area contributed by atoms with E-state index in [4.69, 9.17) is 14.2 Å². The van der Waals surface area contributed by atoms with E-state index >= 15 is 0 Å². The highest BCUT2D eigenvalue weighted by atomic mass is 16.7. The molecular weight excluding hydrogens is 362 g/mol. The zero-order valence-electron chi connectivity index (χ0n) is 17.0. The Morgan fingerprint density at radius 2 is 2.00 bits per heavy atom. The molecule has 0 aromatic heterocycles. The monoisotopic (exact) mass is 389 g/mol. The fourth-order valence-electron chi connectivity index (χ4n) is 5.13. The van der Waals surface area contributed by atoms with E-state index in [1.54, 1.807) is 0 Å². The van der Waals surface area contributed by atoms with E-state index in [1.807, 2.05) is 6.08 Å². The maximum absolute atomic E-state index is 6.56. The summed E-state index contributed by atoms with van der Waals surface area (Å²) in [5.41, 5.74) is 8.08. The van der Waals surface area contributed by atoms with Crippen LogP contribution in [0.25, 0.3) is 11.1 Å². The number of rotatable bonds is 5. The average molecular weight is 389 g/mol. The SMILES string of the molecule is C=CCc1cc2c3c(c1OCC1CC1)-c1cc4c(cc1CC3N(C)CC2)OCO4. The van der Waals surface area contributed by atoms with Gasteiger partial charge in [-0.1, -0.05) is 12.1 Å². The molecule has 1 atom stereocenters. The third-order valence-corrected chi connectivity index (χ3v) is 6.89. The van der Waals surface area contributed by atoms with E-state index in [9.17, 15) is 0 Å². The summed E-state index contributed by atoms with van der Waals surface area (Å²) in [5.74, 6) is 3.50. The topological polar surface area (TPSA) is 30.9 Å². The Kier molecular flexibility index (Phi) is 3.92. The smallest absolute Gasteiger partial charge is 0.231 e. The third kappa shape index (κ3) is 2.77. The van der Waals surface area contributed by atoms with Crippen LogP contribution in [0.4, 0.5) is 0 Å². The van der Waals surface area contributed by atoms with Crippen molar-refractivity contribution in [2.45, 2.75) is 38.1 Å². The molecule has 150 valence electrons. The van der Waals surface area contributed by atoms with Gasteiger partial charge in [0.25, 0.3) is 0 Å². The molecule has 2 heterocycles. The molecule has 2 aliphatic carbocycles. The molecule has 0 bridgehead atoms. The van der Waals surface area contributed by atoms with Gasteiger partial charge in [0, 0.05) is 18.2 Å². The number of nitrogens with zero attached hydrogens (tertiary/aromatic N) is 1. The van der Waals surface area contributed by atoms with E-state index in [0.29, 0.717) is 18.8 Å². The summed E-state index contributed by atoms with van der Waals surface area (Å²) < 4.78 is 18.0. The zero-order valence-corrected chi connectivity index (χ0v) is 17.0. The highest BCUT2D eigenvalue weighted by molar-refractivity contribution is 5.84. The number of hydrogen-bond donors (Lipinski definition) is 0. The fraction of sp³-hybridized carbons (Fsp3) is 0.440. The molecule has 1 fully saturated rings. The van der Waals surface area contributed by atoms with Gasteiger partial charge in [0.2, 0.25) is 6.79 Å². The molecule has 0 radical (unpaired) electrons. The highest BCUT2D eigenvalue weighted by Gasteiger charge is 2.37. The maximum atomic E-state index is 6.56. The minimum absolute atomic E-state index is 0.307. The van der Waals surface area contributed by atoms with Crippen LogP contribution in [0.3, 0.4) is 0 Å². The first-order valence-electron chi connectivity index (χ1n) is 10.8. The molecule has 0 N–H and O–H groups in total. The van der Waals surface area contributed by atoms with Crippen molar-refractivity contribution in [3.05, 3.63) is 53.1 Å². The maximum Gasteiger partial charge on any atom is 0.231 e. The number of ether oxygens (including phenoxy) is 3. The van der Waals surface area contributed by atoms with E-state index in [1.165, 1.54) is 46.2 Å². The van der Waals surface area contributed by atoms with E-state index in [-0.39, 0.29) is 0 Å². The molecule has 4 aliphatic rings. The minimum atomic E-state index is 0.307. The molecular formula is C25H27NO3. The van der Waals surface area contributed by atoms with Gasteiger partial charge in [-0.15, -0.1) is 6.58 Å². The Labute approximate surface area is 172 Å². The molecule has 4 nitrogen and oxygen atoms in total. The summed E-state index contributed by atoms with van der Waals surface area (Å²) in [6, 6.07) is 7.15. The van der Waals surface area contributed by atoms with Crippen LogP contribution in [0, 0.1) is 5.92 Å². The number of benzene rings is 2. The van der Waals surface area contributed by atoms with Crippen LogP contribution in [0.2, 0.25) is 0 Å². The summed E-state index contributed by atoms with van der Waals surface area (Å²) in [6.07, 6.45) is 7.50. The van der Waals surface area contributed by atoms with Gasteiger partial charge >= 0.3 is 0 Å². The Balaban J connectivity index is 1.60. The Morgan fingerprint density at radius 3 is 2.79 bits per heavy atom. The minimum Gasteiger partial charge on any atom is -0.492 e. The second-order valence-corrected chi connectivity index (χ2v) is 8.87. The highest BCUT2D eigenvalue weighted by Crippen LogP contribution is 2.53. The molecule has 29 heavy (non-hydrogen) atoms. The van der Waals surface area contributed by atoms with Crippen molar-refractivity contribution in [2.24, 2.45) is 5.92 Å². The summed E-state index contributed by atoms with van der Waals surface area (Å²) >= 11 is 0. The zero-order chi connectivity index (χ0) is 19.5. The summed E-state index contributed by atoms with van der Waals surface area (Å²) in [7, 11) is 2.25. The van der Waals surface area contributed by atoms with Crippen molar-refractivity contribution >= 4 is 0 Å². The molecule has 0 amide bonds. The van der Waals surface area contributed by atoms with Crippen molar-refractivity contribution in [3.8, 4) is 28.4 Å². The molecule has 2 aromatic rings. The van der Waals surface area contributed by atoms with Crippen molar-refractivity contribution < 1.29 is 14.2 Å². The second kappa shape index (κ2) is 6.53. The van der Waals surface area contributed by atoms with Gasteiger partial charge in [0.05, 0.1) is 6.61 Å². The van der Waals surface area contributed by atoms with Crippen LogP contribution in [0.1, 0.15) is 41.1 Å². The molecule has 6 rings (SSSR count). The first-order chi connectivity index (χ1) is 14.2. The lowest BCUT2D eigenvalue weighted by Crippen LogP contribution is -2.36. The van der Waals surface area contributed by atoms with Gasteiger partial charge in [-0.25, -0.2) is 0 Å². The number of likely N-dealkylation sites (N-methyl/N-ethyl adjacent to an activating group) is 1. The van der Waals surface area contributed by atoms with Crippen LogP contribution < -0.4 is 14.2 Å². The lowest BCUT2D eigenvalue weighted by atomic mass is 9.75. The standard InChI is InChI=1S/C25H27NO3/c1-3-4-17-9-16-7-8-26(2)20-10-18-11-21-22(29-14-28-21)12-19(18)24(23(16)20)25(17)27-13-15-5-6-15/h3,9,11-12,15,20H,1,4-8,10,13-14H2,2H3. The van der Waals surface area contributed by atoms with Crippen molar-refractivity contribution in [1.29, 1.82) is 0 Å². The Bertz CT molecular complexity index is 1010. The van der Waals surface area contributed by atoms with Crippen molar-refractivity contribution in [2.75, 3.05) is 27.0 Å². The lowest BCUT2D eigenvalue weighted by Gasteiger charge is -2.41. The number of allylic oxidation sites excluding steroid dienone is 1. The lowest BCUT2D eigenvalue weighted by molar-refractivity contribution is 0.174. The molecule has 1 unspecified atom stereocenters. The summed E-state index contributed by atoms with van der Waals surface area (Å²) in [4.78, 5) is 2.50. The largest absolute Gasteiger partial charge is 0.492 e. The summed E-state index contributed by atoms with van der Waals surface area (Å²) in [6.45, 7) is 6.22. The Hall–Kier alpha value is -2.46. The summed E-state index contributed by atoms with van der Waals surface area (Å²) in [5, 5.41) is 0. The second-order valence-electron chi connectivity index (χ2n) is 8.87.